The van der Waals surface area contributed by atoms with Crippen molar-refractivity contribution in [1.82, 2.24) is 15.1 Å². The maximum atomic E-state index is 14.6. The molecule has 2 aromatic carbocycles. The van der Waals surface area contributed by atoms with Gasteiger partial charge in [-0.15, -0.1) is 11.3 Å². The number of non-ortho nitro benzene ring substituents is 1. The molecule has 1 aromatic heterocycles. The van der Waals surface area contributed by atoms with E-state index in [1.54, 1.807) is 29.0 Å². The summed E-state index contributed by atoms with van der Waals surface area (Å²) in [6, 6.07) is 15.1. The zero-order chi connectivity index (χ0) is 29.4. The van der Waals surface area contributed by atoms with Crippen LogP contribution in [0.15, 0.2) is 66.0 Å². The number of Topliss-reactive ketones (excluding diaryl/α,β-unsaturated/α-hetero) is 1. The fourth-order valence-electron chi connectivity index (χ4n) is 6.30. The molecule has 11 heteroatoms. The number of likely N-dealkylation sites (tertiary alicyclic amines) is 1. The Balaban J connectivity index is 1.53. The third-order valence-electron chi connectivity index (χ3n) is 8.52. The SMILES string of the molecule is COc1ccc(C2C(C(=O)c3ccc([N+](=O)[O-])cc3)C(c3cccs3)C(C(=O)N3CCNCC3)N2C(=O)C2CC2)cc1. The van der Waals surface area contributed by atoms with E-state index in [0.29, 0.717) is 37.5 Å². The Morgan fingerprint density at radius 3 is 2.24 bits per heavy atom. The number of nitro benzene ring substituents is 1. The number of amides is 2. The zero-order valence-electron chi connectivity index (χ0n) is 23.2. The van der Waals surface area contributed by atoms with Crippen molar-refractivity contribution in [3.05, 3.63) is 92.2 Å². The van der Waals surface area contributed by atoms with Crippen molar-refractivity contribution in [3.8, 4) is 5.75 Å². The monoisotopic (exact) mass is 588 g/mol. The molecular weight excluding hydrogens is 556 g/mol. The molecule has 0 radical (unpaired) electrons. The van der Waals surface area contributed by atoms with Gasteiger partial charge in [-0.1, -0.05) is 18.2 Å². The van der Waals surface area contributed by atoms with E-state index in [0.717, 1.165) is 23.3 Å². The van der Waals surface area contributed by atoms with Gasteiger partial charge in [0.1, 0.15) is 11.8 Å². The van der Waals surface area contributed by atoms with E-state index in [1.807, 2.05) is 29.6 Å². The van der Waals surface area contributed by atoms with Gasteiger partial charge >= 0.3 is 0 Å². The van der Waals surface area contributed by atoms with Crippen LogP contribution in [0.1, 0.15) is 45.6 Å². The molecule has 4 atom stereocenters. The van der Waals surface area contributed by atoms with Crippen molar-refractivity contribution in [2.24, 2.45) is 11.8 Å². The first-order valence-electron chi connectivity index (χ1n) is 14.2. The third-order valence-corrected chi connectivity index (χ3v) is 9.50. The van der Waals surface area contributed by atoms with Crippen molar-refractivity contribution < 1.29 is 24.0 Å². The number of thiophene rings is 1. The fourth-order valence-corrected chi connectivity index (χ4v) is 7.20. The van der Waals surface area contributed by atoms with Gasteiger partial charge in [0.2, 0.25) is 11.8 Å². The summed E-state index contributed by atoms with van der Waals surface area (Å²) in [4.78, 5) is 58.4. The van der Waals surface area contributed by atoms with Crippen LogP contribution in [-0.4, -0.2) is 71.7 Å². The molecule has 3 heterocycles. The molecule has 218 valence electrons. The minimum atomic E-state index is -0.867. The highest BCUT2D eigenvalue weighted by Crippen LogP contribution is 2.54. The minimum absolute atomic E-state index is 0.107. The number of carbonyl (C=O) groups excluding carboxylic acids is 3. The highest BCUT2D eigenvalue weighted by atomic mass is 32.1. The average molecular weight is 589 g/mol. The first-order valence-corrected chi connectivity index (χ1v) is 15.0. The molecule has 3 fully saturated rings. The number of hydrogen-bond acceptors (Lipinski definition) is 8. The van der Waals surface area contributed by atoms with Crippen LogP contribution in [0.4, 0.5) is 5.69 Å². The number of nitrogens with one attached hydrogen (secondary N) is 1. The van der Waals surface area contributed by atoms with Crippen LogP contribution in [0.2, 0.25) is 0 Å². The number of ether oxygens (including phenoxy) is 1. The second kappa shape index (κ2) is 11.7. The smallest absolute Gasteiger partial charge is 0.269 e. The van der Waals surface area contributed by atoms with Gasteiger partial charge in [0.15, 0.2) is 5.78 Å². The number of nitrogens with zero attached hydrogens (tertiary/aromatic N) is 3. The number of hydrogen-bond donors (Lipinski definition) is 1. The maximum Gasteiger partial charge on any atom is 0.269 e. The maximum absolute atomic E-state index is 14.6. The van der Waals surface area contributed by atoms with E-state index in [9.17, 15) is 24.5 Å². The van der Waals surface area contributed by atoms with Gasteiger partial charge in [-0.2, -0.15) is 0 Å². The van der Waals surface area contributed by atoms with E-state index in [4.69, 9.17) is 4.74 Å². The molecule has 3 aliphatic rings. The van der Waals surface area contributed by atoms with Crippen LogP contribution in [0.5, 0.6) is 5.75 Å². The fraction of sp³-hybridized carbons (Fsp3) is 0.387. The molecule has 42 heavy (non-hydrogen) atoms. The van der Waals surface area contributed by atoms with E-state index in [2.05, 4.69) is 5.32 Å². The molecule has 10 nitrogen and oxygen atoms in total. The molecule has 3 aromatic rings. The summed E-state index contributed by atoms with van der Waals surface area (Å²) in [5.41, 5.74) is 0.929. The van der Waals surface area contributed by atoms with E-state index < -0.39 is 28.8 Å². The number of benzene rings is 2. The molecule has 1 aliphatic carbocycles. The van der Waals surface area contributed by atoms with Crippen molar-refractivity contribution in [2.45, 2.75) is 30.8 Å². The van der Waals surface area contributed by atoms with Crippen LogP contribution in [0.3, 0.4) is 0 Å². The normalized spacial score (nSPS) is 23.9. The Hall–Kier alpha value is -4.09. The van der Waals surface area contributed by atoms with Crippen molar-refractivity contribution in [3.63, 3.8) is 0 Å². The Morgan fingerprint density at radius 1 is 0.976 bits per heavy atom. The van der Waals surface area contributed by atoms with Crippen LogP contribution in [0, 0.1) is 22.0 Å². The average Bonchev–Trinajstić information content (AvgIpc) is 3.62. The number of nitro groups is 1. The van der Waals surface area contributed by atoms with E-state index in [-0.39, 0.29) is 29.2 Å². The van der Waals surface area contributed by atoms with Gasteiger partial charge in [-0.05, 0) is 54.1 Å². The lowest BCUT2D eigenvalue weighted by Gasteiger charge is -2.36. The van der Waals surface area contributed by atoms with Crippen molar-refractivity contribution >= 4 is 34.6 Å². The first-order chi connectivity index (χ1) is 20.4. The quantitative estimate of drug-likeness (QED) is 0.239. The summed E-state index contributed by atoms with van der Waals surface area (Å²) in [5, 5.41) is 16.5. The second-order valence-corrected chi connectivity index (χ2v) is 12.0. The predicted molar refractivity (Wildman–Crippen MR) is 157 cm³/mol. The van der Waals surface area contributed by atoms with Crippen LogP contribution in [-0.2, 0) is 9.59 Å². The second-order valence-electron chi connectivity index (χ2n) is 11.0. The first kappa shape index (κ1) is 28.0. The van der Waals surface area contributed by atoms with Crippen LogP contribution in [0.25, 0.3) is 0 Å². The summed E-state index contributed by atoms with van der Waals surface area (Å²) in [5.74, 6) is -1.44. The van der Waals surface area contributed by atoms with Crippen molar-refractivity contribution in [1.29, 1.82) is 0 Å². The summed E-state index contributed by atoms with van der Waals surface area (Å²) in [6.45, 7) is 2.36. The van der Waals surface area contributed by atoms with Gasteiger partial charge < -0.3 is 19.9 Å². The molecule has 6 rings (SSSR count). The molecule has 2 saturated heterocycles. The highest BCUT2D eigenvalue weighted by molar-refractivity contribution is 7.10. The molecule has 0 bridgehead atoms. The Bertz CT molecular complexity index is 1470. The minimum Gasteiger partial charge on any atom is -0.497 e. The number of piperazine rings is 1. The number of ketones is 1. The summed E-state index contributed by atoms with van der Waals surface area (Å²) >= 11 is 1.47. The van der Waals surface area contributed by atoms with Crippen LogP contribution >= 0.6 is 11.3 Å². The summed E-state index contributed by atoms with van der Waals surface area (Å²) in [6.07, 6.45) is 1.51. The summed E-state index contributed by atoms with van der Waals surface area (Å²) < 4.78 is 5.38. The molecular formula is C31H32N4O6S. The summed E-state index contributed by atoms with van der Waals surface area (Å²) in [7, 11) is 1.57. The lowest BCUT2D eigenvalue weighted by Crippen LogP contribution is -2.55. The number of methoxy groups -OCH3 is 1. The third kappa shape index (κ3) is 5.18. The van der Waals surface area contributed by atoms with E-state index in [1.165, 1.54) is 35.6 Å². The Kier molecular flexibility index (Phi) is 7.78. The van der Waals surface area contributed by atoms with E-state index >= 15 is 0 Å². The highest BCUT2D eigenvalue weighted by Gasteiger charge is 2.59. The van der Waals surface area contributed by atoms with Gasteiger partial charge in [-0.3, -0.25) is 24.5 Å². The molecule has 2 amide bonds. The lowest BCUT2D eigenvalue weighted by atomic mass is 9.78. The van der Waals surface area contributed by atoms with Gasteiger partial charge in [-0.25, -0.2) is 0 Å². The predicted octanol–water partition coefficient (Wildman–Crippen LogP) is 4.04. The number of carbonyl (C=O) groups is 3. The molecule has 4 unspecified atom stereocenters. The van der Waals surface area contributed by atoms with Crippen molar-refractivity contribution in [2.75, 3.05) is 33.3 Å². The lowest BCUT2D eigenvalue weighted by molar-refractivity contribution is -0.384. The number of rotatable bonds is 8. The van der Waals surface area contributed by atoms with Crippen LogP contribution < -0.4 is 10.1 Å². The van der Waals surface area contributed by atoms with Gasteiger partial charge in [0.25, 0.3) is 5.69 Å². The molecule has 0 spiro atoms. The Morgan fingerprint density at radius 2 is 1.67 bits per heavy atom. The Labute approximate surface area is 247 Å². The molecule has 1 saturated carbocycles. The van der Waals surface area contributed by atoms with Gasteiger partial charge in [0.05, 0.1) is 24.0 Å². The molecule has 1 N–H and O–H groups in total. The molecule has 2 aliphatic heterocycles. The topological polar surface area (TPSA) is 122 Å². The van der Waals surface area contributed by atoms with Gasteiger partial charge in [0, 0.05) is 60.6 Å². The standard InChI is InChI=1S/C31H32N4O6S/c1-41-23-12-8-19(9-13-23)27-26(29(36)20-6-10-22(11-7-20)35(39)40)25(24-3-2-18-42-24)28(34(27)30(37)21-4-5-21)31(38)33-16-14-32-15-17-33/h2-3,6-13,18,21,25-28,32H,4-5,14-17H2,1H3. The zero-order valence-corrected chi connectivity index (χ0v) is 24.0. The largest absolute Gasteiger partial charge is 0.497 e.